The van der Waals surface area contributed by atoms with Crippen LogP contribution in [0.5, 0.6) is 0 Å². The Morgan fingerprint density at radius 3 is 2.76 bits per heavy atom. The summed E-state index contributed by atoms with van der Waals surface area (Å²) in [6, 6.07) is 15.8. The predicted octanol–water partition coefficient (Wildman–Crippen LogP) is 5.35. The minimum absolute atomic E-state index is 0.188. The van der Waals surface area contributed by atoms with Crippen molar-refractivity contribution in [3.05, 3.63) is 70.4 Å². The van der Waals surface area contributed by atoms with Gasteiger partial charge in [0.15, 0.2) is 0 Å². The van der Waals surface area contributed by atoms with Gasteiger partial charge in [-0.05, 0) is 42.0 Å². The number of rotatable bonds is 1. The Labute approximate surface area is 149 Å². The van der Waals surface area contributed by atoms with Crippen LogP contribution < -0.4 is 0 Å². The fourth-order valence-corrected chi connectivity index (χ4v) is 5.03. The lowest BCUT2D eigenvalue weighted by atomic mass is 9.87. The van der Waals surface area contributed by atoms with Crippen LogP contribution in [-0.4, -0.2) is 11.2 Å². The van der Waals surface area contributed by atoms with Crippen LogP contribution in [0.2, 0.25) is 0 Å². The Morgan fingerprint density at radius 1 is 1.12 bits per heavy atom. The molecule has 3 heterocycles. The zero-order chi connectivity index (χ0) is 17.2. The number of nitrogens with zero attached hydrogens (tertiary/aromatic N) is 1. The first-order chi connectivity index (χ1) is 12.1. The maximum absolute atomic E-state index is 6.31. The molecule has 0 bridgehead atoms. The van der Waals surface area contributed by atoms with Gasteiger partial charge >= 0.3 is 0 Å². The van der Waals surface area contributed by atoms with E-state index in [0.29, 0.717) is 5.92 Å². The minimum atomic E-state index is -0.188. The third-order valence-corrected chi connectivity index (χ3v) is 6.48. The number of ether oxygens (including phenoxy) is 1. The number of hydrogen-bond acceptors (Lipinski definition) is 1. The molecule has 0 fully saturated rings. The first-order valence-electron chi connectivity index (χ1n) is 9.50. The van der Waals surface area contributed by atoms with Crippen molar-refractivity contribution in [2.75, 3.05) is 6.61 Å². The molecule has 2 nitrogen and oxygen atoms in total. The summed E-state index contributed by atoms with van der Waals surface area (Å²) in [6.07, 6.45) is 2.02. The van der Waals surface area contributed by atoms with Gasteiger partial charge in [-0.15, -0.1) is 0 Å². The van der Waals surface area contributed by atoms with E-state index in [-0.39, 0.29) is 5.60 Å². The molecule has 0 amide bonds. The van der Waals surface area contributed by atoms with Gasteiger partial charge in [0.1, 0.15) is 5.60 Å². The molecule has 5 rings (SSSR count). The second kappa shape index (κ2) is 5.22. The Balaban J connectivity index is 1.91. The van der Waals surface area contributed by atoms with E-state index in [9.17, 15) is 0 Å². The van der Waals surface area contributed by atoms with Crippen LogP contribution in [0.25, 0.3) is 10.9 Å². The van der Waals surface area contributed by atoms with Crippen molar-refractivity contribution >= 4 is 10.9 Å². The summed E-state index contributed by atoms with van der Waals surface area (Å²) < 4.78 is 8.89. The highest BCUT2D eigenvalue weighted by Crippen LogP contribution is 2.45. The second-order valence-electron chi connectivity index (χ2n) is 7.76. The van der Waals surface area contributed by atoms with Crippen LogP contribution in [0.1, 0.15) is 61.1 Å². The standard InChI is InChI=1S/C23H25NO/c1-4-23(3)22-20(12-13-25-23)19-11-7-10-18-15(2)17-9-6-5-8-16(17)14-24(22)21(18)19/h5-11,15H,4,12-14H2,1-3H3. The van der Waals surface area contributed by atoms with Gasteiger partial charge in [-0.2, -0.15) is 0 Å². The SMILES string of the molecule is CCC1(C)OCCc2c1n1c3c(cccc23)C(C)c2ccccc2C1. The monoisotopic (exact) mass is 331 g/mol. The molecule has 128 valence electrons. The van der Waals surface area contributed by atoms with Gasteiger partial charge < -0.3 is 9.30 Å². The minimum Gasteiger partial charge on any atom is -0.369 e. The van der Waals surface area contributed by atoms with Gasteiger partial charge in [0.25, 0.3) is 0 Å². The summed E-state index contributed by atoms with van der Waals surface area (Å²) in [5.41, 5.74) is 8.52. The fourth-order valence-electron chi connectivity index (χ4n) is 5.03. The van der Waals surface area contributed by atoms with E-state index in [1.54, 1.807) is 0 Å². The maximum Gasteiger partial charge on any atom is 0.105 e. The highest BCUT2D eigenvalue weighted by Gasteiger charge is 2.38. The van der Waals surface area contributed by atoms with Crippen molar-refractivity contribution in [2.24, 2.45) is 0 Å². The van der Waals surface area contributed by atoms with E-state index < -0.39 is 0 Å². The zero-order valence-corrected chi connectivity index (χ0v) is 15.3. The number of aromatic nitrogens is 1. The van der Waals surface area contributed by atoms with Crippen LogP contribution in [0.3, 0.4) is 0 Å². The van der Waals surface area contributed by atoms with Crippen LogP contribution in [-0.2, 0) is 23.3 Å². The van der Waals surface area contributed by atoms with E-state index in [0.717, 1.165) is 26.0 Å². The maximum atomic E-state index is 6.31. The lowest BCUT2D eigenvalue weighted by Crippen LogP contribution is -2.34. The molecule has 0 N–H and O–H groups in total. The van der Waals surface area contributed by atoms with Crippen LogP contribution in [0.4, 0.5) is 0 Å². The molecular weight excluding hydrogens is 306 g/mol. The molecule has 3 aromatic rings. The van der Waals surface area contributed by atoms with Gasteiger partial charge in [0.2, 0.25) is 0 Å². The quantitative estimate of drug-likeness (QED) is 0.586. The predicted molar refractivity (Wildman–Crippen MR) is 102 cm³/mol. The van der Waals surface area contributed by atoms with Gasteiger partial charge in [0.05, 0.1) is 17.8 Å². The van der Waals surface area contributed by atoms with E-state index in [1.165, 1.54) is 38.9 Å². The molecule has 2 unspecified atom stereocenters. The van der Waals surface area contributed by atoms with Crippen molar-refractivity contribution in [1.29, 1.82) is 0 Å². The summed E-state index contributed by atoms with van der Waals surface area (Å²) in [6.45, 7) is 8.64. The van der Waals surface area contributed by atoms with Crippen molar-refractivity contribution in [2.45, 2.75) is 51.7 Å². The van der Waals surface area contributed by atoms with Gasteiger partial charge in [-0.3, -0.25) is 0 Å². The molecule has 0 aliphatic carbocycles. The summed E-state index contributed by atoms with van der Waals surface area (Å²) in [5.74, 6) is 0.423. The van der Waals surface area contributed by atoms with Crippen molar-refractivity contribution in [1.82, 2.24) is 4.57 Å². The summed E-state index contributed by atoms with van der Waals surface area (Å²) in [5, 5.41) is 1.44. The van der Waals surface area contributed by atoms with Crippen LogP contribution in [0.15, 0.2) is 42.5 Å². The first kappa shape index (κ1) is 15.2. The smallest absolute Gasteiger partial charge is 0.105 e. The van der Waals surface area contributed by atoms with E-state index in [4.69, 9.17) is 4.74 Å². The Bertz CT molecular complexity index is 983. The third-order valence-electron chi connectivity index (χ3n) is 6.48. The van der Waals surface area contributed by atoms with Crippen molar-refractivity contribution < 1.29 is 4.74 Å². The largest absolute Gasteiger partial charge is 0.369 e. The molecule has 2 heteroatoms. The lowest BCUT2D eigenvalue weighted by Gasteiger charge is -2.35. The third kappa shape index (κ3) is 1.95. The summed E-state index contributed by atoms with van der Waals surface area (Å²) >= 11 is 0. The Kier molecular flexibility index (Phi) is 3.18. The van der Waals surface area contributed by atoms with E-state index in [1.807, 2.05) is 0 Å². The number of benzene rings is 2. The normalized spacial score (nSPS) is 24.7. The van der Waals surface area contributed by atoms with Gasteiger partial charge in [-0.25, -0.2) is 0 Å². The van der Waals surface area contributed by atoms with Crippen LogP contribution >= 0.6 is 0 Å². The molecule has 25 heavy (non-hydrogen) atoms. The highest BCUT2D eigenvalue weighted by atomic mass is 16.5. The Hall–Kier alpha value is -2.06. The molecule has 2 atom stereocenters. The molecule has 1 aromatic heterocycles. The van der Waals surface area contributed by atoms with E-state index >= 15 is 0 Å². The number of fused-ring (bicyclic) bond motifs is 4. The number of para-hydroxylation sites is 1. The van der Waals surface area contributed by atoms with Crippen molar-refractivity contribution in [3.8, 4) is 0 Å². The summed E-state index contributed by atoms with van der Waals surface area (Å²) in [4.78, 5) is 0. The molecule has 2 aliphatic rings. The molecular formula is C23H25NO. The Morgan fingerprint density at radius 2 is 1.92 bits per heavy atom. The fraction of sp³-hybridized carbons (Fsp3) is 0.391. The van der Waals surface area contributed by atoms with Crippen molar-refractivity contribution in [3.63, 3.8) is 0 Å². The topological polar surface area (TPSA) is 14.2 Å². The molecule has 0 saturated heterocycles. The van der Waals surface area contributed by atoms with Gasteiger partial charge in [0, 0.05) is 17.8 Å². The molecule has 0 saturated carbocycles. The average molecular weight is 331 g/mol. The average Bonchev–Trinajstić information content (AvgIpc) is 2.90. The van der Waals surface area contributed by atoms with E-state index in [2.05, 4.69) is 67.8 Å². The van der Waals surface area contributed by atoms with Gasteiger partial charge in [-0.1, -0.05) is 56.3 Å². The lowest BCUT2D eigenvalue weighted by molar-refractivity contribution is -0.0539. The second-order valence-corrected chi connectivity index (χ2v) is 7.76. The molecule has 2 aliphatic heterocycles. The zero-order valence-electron chi connectivity index (χ0n) is 15.3. The highest BCUT2D eigenvalue weighted by molar-refractivity contribution is 5.90. The number of hydrogen-bond donors (Lipinski definition) is 0. The first-order valence-corrected chi connectivity index (χ1v) is 9.50. The summed E-state index contributed by atoms with van der Waals surface area (Å²) in [7, 11) is 0. The molecule has 0 radical (unpaired) electrons. The molecule has 0 spiro atoms. The van der Waals surface area contributed by atoms with Crippen LogP contribution in [0, 0.1) is 0 Å². The molecule has 2 aromatic carbocycles.